The summed E-state index contributed by atoms with van der Waals surface area (Å²) in [5, 5.41) is 3.08. The zero-order valence-corrected chi connectivity index (χ0v) is 10.7. The highest BCUT2D eigenvalue weighted by molar-refractivity contribution is 5.79. The van der Waals surface area contributed by atoms with Crippen LogP contribution in [0.3, 0.4) is 0 Å². The largest absolute Gasteiger partial charge is 0.378 e. The van der Waals surface area contributed by atoms with Crippen LogP contribution in [0.4, 0.5) is 0 Å². The van der Waals surface area contributed by atoms with E-state index >= 15 is 0 Å². The second-order valence-electron chi connectivity index (χ2n) is 5.38. The van der Waals surface area contributed by atoms with Gasteiger partial charge in [0.2, 0.25) is 5.91 Å². The fourth-order valence-electron chi connectivity index (χ4n) is 3.01. The molecule has 3 N–H and O–H groups in total. The highest BCUT2D eigenvalue weighted by Gasteiger charge is 2.30. The van der Waals surface area contributed by atoms with Gasteiger partial charge in [0.1, 0.15) is 0 Å². The Kier molecular flexibility index (Phi) is 4.40. The van der Waals surface area contributed by atoms with E-state index in [4.69, 9.17) is 10.5 Å². The number of amides is 1. The molecule has 17 heavy (non-hydrogen) atoms. The summed E-state index contributed by atoms with van der Waals surface area (Å²) < 4.78 is 5.62. The van der Waals surface area contributed by atoms with Gasteiger partial charge in [-0.25, -0.2) is 0 Å². The van der Waals surface area contributed by atoms with Crippen molar-refractivity contribution in [3.8, 4) is 0 Å². The summed E-state index contributed by atoms with van der Waals surface area (Å²) in [5.41, 5.74) is 5.82. The minimum Gasteiger partial charge on any atom is -0.378 e. The van der Waals surface area contributed by atoms with Crippen LogP contribution in [-0.2, 0) is 9.53 Å². The molecule has 0 radical (unpaired) electrons. The van der Waals surface area contributed by atoms with Gasteiger partial charge in [-0.2, -0.15) is 0 Å². The SMILES string of the molecule is CCC1OCCC1CNC(=O)C1CCC(N)C1. The fourth-order valence-corrected chi connectivity index (χ4v) is 3.01. The minimum absolute atomic E-state index is 0.146. The Bertz CT molecular complexity index is 270. The highest BCUT2D eigenvalue weighted by Crippen LogP contribution is 2.25. The quantitative estimate of drug-likeness (QED) is 0.772. The molecule has 2 fully saturated rings. The third kappa shape index (κ3) is 3.19. The summed E-state index contributed by atoms with van der Waals surface area (Å²) in [6.07, 6.45) is 5.23. The van der Waals surface area contributed by atoms with E-state index in [0.717, 1.165) is 45.3 Å². The lowest BCUT2D eigenvalue weighted by atomic mass is 9.99. The number of hydrogen-bond donors (Lipinski definition) is 2. The van der Waals surface area contributed by atoms with Crippen LogP contribution in [-0.4, -0.2) is 31.2 Å². The summed E-state index contributed by atoms with van der Waals surface area (Å²) in [6, 6.07) is 0.226. The van der Waals surface area contributed by atoms with Crippen LogP contribution in [0, 0.1) is 11.8 Å². The fraction of sp³-hybridized carbons (Fsp3) is 0.923. The van der Waals surface area contributed by atoms with Crippen LogP contribution >= 0.6 is 0 Å². The first kappa shape index (κ1) is 12.8. The predicted octanol–water partition coefficient (Wildman–Crippen LogP) is 1.05. The molecular weight excluding hydrogens is 216 g/mol. The Morgan fingerprint density at radius 2 is 2.24 bits per heavy atom. The van der Waals surface area contributed by atoms with Gasteiger partial charge >= 0.3 is 0 Å². The smallest absolute Gasteiger partial charge is 0.223 e. The molecule has 4 heteroatoms. The standard InChI is InChI=1S/C13H24N2O2/c1-2-12-10(5-6-17-12)8-15-13(16)9-3-4-11(14)7-9/h9-12H,2-8,14H2,1H3,(H,15,16). The molecule has 0 bridgehead atoms. The zero-order chi connectivity index (χ0) is 12.3. The van der Waals surface area contributed by atoms with Gasteiger partial charge in [-0.15, -0.1) is 0 Å². The summed E-state index contributed by atoms with van der Waals surface area (Å²) in [6.45, 7) is 3.75. The second-order valence-corrected chi connectivity index (χ2v) is 5.38. The van der Waals surface area contributed by atoms with Crippen molar-refractivity contribution >= 4 is 5.91 Å². The molecule has 4 atom stereocenters. The van der Waals surface area contributed by atoms with E-state index in [1.807, 2.05) is 0 Å². The van der Waals surface area contributed by atoms with Gasteiger partial charge in [-0.1, -0.05) is 6.92 Å². The Labute approximate surface area is 103 Å². The first-order chi connectivity index (χ1) is 8.20. The van der Waals surface area contributed by atoms with E-state index in [1.165, 1.54) is 0 Å². The topological polar surface area (TPSA) is 64.3 Å². The summed E-state index contributed by atoms with van der Waals surface area (Å²) >= 11 is 0. The molecule has 0 aromatic rings. The van der Waals surface area contributed by atoms with E-state index in [1.54, 1.807) is 0 Å². The van der Waals surface area contributed by atoms with Crippen molar-refractivity contribution < 1.29 is 9.53 Å². The van der Waals surface area contributed by atoms with E-state index in [0.29, 0.717) is 12.0 Å². The monoisotopic (exact) mass is 240 g/mol. The molecule has 1 aliphatic carbocycles. The molecule has 2 rings (SSSR count). The minimum atomic E-state index is 0.146. The van der Waals surface area contributed by atoms with Crippen molar-refractivity contribution in [3.05, 3.63) is 0 Å². The zero-order valence-electron chi connectivity index (χ0n) is 10.7. The molecule has 4 nitrogen and oxygen atoms in total. The van der Waals surface area contributed by atoms with Gasteiger partial charge in [0, 0.05) is 31.0 Å². The van der Waals surface area contributed by atoms with Gasteiger partial charge in [-0.3, -0.25) is 4.79 Å². The molecule has 0 spiro atoms. The third-order valence-electron chi connectivity index (χ3n) is 4.13. The molecule has 0 aromatic heterocycles. The number of ether oxygens (including phenoxy) is 1. The van der Waals surface area contributed by atoms with Gasteiger partial charge in [0.15, 0.2) is 0 Å². The third-order valence-corrected chi connectivity index (χ3v) is 4.13. The average Bonchev–Trinajstić information content (AvgIpc) is 2.94. The van der Waals surface area contributed by atoms with Crippen LogP contribution < -0.4 is 11.1 Å². The Balaban J connectivity index is 1.72. The van der Waals surface area contributed by atoms with E-state index < -0.39 is 0 Å². The number of nitrogens with two attached hydrogens (primary N) is 1. The predicted molar refractivity (Wildman–Crippen MR) is 66.5 cm³/mol. The van der Waals surface area contributed by atoms with Crippen LogP contribution in [0.25, 0.3) is 0 Å². The molecular formula is C13H24N2O2. The number of carbonyl (C=O) groups is 1. The van der Waals surface area contributed by atoms with E-state index in [-0.39, 0.29) is 17.9 Å². The molecule has 4 unspecified atom stereocenters. The van der Waals surface area contributed by atoms with Crippen molar-refractivity contribution in [2.24, 2.45) is 17.6 Å². The van der Waals surface area contributed by atoms with Crippen LogP contribution in [0.1, 0.15) is 39.0 Å². The molecule has 1 saturated carbocycles. The van der Waals surface area contributed by atoms with Crippen molar-refractivity contribution in [2.75, 3.05) is 13.2 Å². The normalized spacial score (nSPS) is 37.3. The van der Waals surface area contributed by atoms with Gasteiger partial charge < -0.3 is 15.8 Å². The molecule has 1 aliphatic heterocycles. The average molecular weight is 240 g/mol. The van der Waals surface area contributed by atoms with Crippen LogP contribution in [0.15, 0.2) is 0 Å². The van der Waals surface area contributed by atoms with Crippen molar-refractivity contribution in [1.29, 1.82) is 0 Å². The summed E-state index contributed by atoms with van der Waals surface area (Å²) in [4.78, 5) is 11.9. The van der Waals surface area contributed by atoms with Crippen LogP contribution in [0.5, 0.6) is 0 Å². The van der Waals surface area contributed by atoms with E-state index in [9.17, 15) is 4.79 Å². The molecule has 2 aliphatic rings. The molecule has 0 aromatic carbocycles. The van der Waals surface area contributed by atoms with Gasteiger partial charge in [-0.05, 0) is 32.1 Å². The summed E-state index contributed by atoms with van der Waals surface area (Å²) in [7, 11) is 0. The maximum atomic E-state index is 11.9. The number of rotatable bonds is 4. The Hall–Kier alpha value is -0.610. The molecule has 98 valence electrons. The lowest BCUT2D eigenvalue weighted by molar-refractivity contribution is -0.125. The van der Waals surface area contributed by atoms with Crippen molar-refractivity contribution in [2.45, 2.75) is 51.2 Å². The summed E-state index contributed by atoms with van der Waals surface area (Å²) in [5.74, 6) is 0.839. The number of carbonyl (C=O) groups excluding carboxylic acids is 1. The van der Waals surface area contributed by atoms with Gasteiger partial charge in [0.05, 0.1) is 6.10 Å². The molecule has 1 amide bonds. The lowest BCUT2D eigenvalue weighted by Gasteiger charge is -2.18. The van der Waals surface area contributed by atoms with E-state index in [2.05, 4.69) is 12.2 Å². The molecule has 1 heterocycles. The van der Waals surface area contributed by atoms with Crippen LogP contribution in [0.2, 0.25) is 0 Å². The first-order valence-electron chi connectivity index (χ1n) is 6.85. The second kappa shape index (κ2) is 5.83. The van der Waals surface area contributed by atoms with Crippen molar-refractivity contribution in [1.82, 2.24) is 5.32 Å². The molecule has 1 saturated heterocycles. The van der Waals surface area contributed by atoms with Crippen molar-refractivity contribution in [3.63, 3.8) is 0 Å². The Morgan fingerprint density at radius 3 is 2.88 bits per heavy atom. The number of nitrogens with one attached hydrogen (secondary N) is 1. The number of hydrogen-bond acceptors (Lipinski definition) is 3. The van der Waals surface area contributed by atoms with Gasteiger partial charge in [0.25, 0.3) is 0 Å². The lowest BCUT2D eigenvalue weighted by Crippen LogP contribution is -2.36. The Morgan fingerprint density at radius 1 is 1.41 bits per heavy atom. The first-order valence-corrected chi connectivity index (χ1v) is 6.85. The highest BCUT2D eigenvalue weighted by atomic mass is 16.5. The maximum Gasteiger partial charge on any atom is 0.223 e. The maximum absolute atomic E-state index is 11.9.